The number of nitrogens with zero attached hydrogens (tertiary/aromatic N) is 2. The van der Waals surface area contributed by atoms with Gasteiger partial charge < -0.3 is 10.9 Å². The van der Waals surface area contributed by atoms with E-state index in [1.807, 2.05) is 0 Å². The highest BCUT2D eigenvalue weighted by Gasteiger charge is 2.05. The largest absolute Gasteiger partial charge is 0.409 e. The van der Waals surface area contributed by atoms with Crippen molar-refractivity contribution in [2.24, 2.45) is 10.9 Å². The SMILES string of the molecule is NC(=NO)c1cc(Cl)ncc1Br. The lowest BCUT2D eigenvalue weighted by Gasteiger charge is -2.00. The number of aromatic nitrogens is 1. The molecular weight excluding hydrogens is 245 g/mol. The molecule has 0 radical (unpaired) electrons. The summed E-state index contributed by atoms with van der Waals surface area (Å²) in [6.45, 7) is 0. The van der Waals surface area contributed by atoms with Gasteiger partial charge >= 0.3 is 0 Å². The highest BCUT2D eigenvalue weighted by Crippen LogP contribution is 2.18. The second kappa shape index (κ2) is 3.73. The van der Waals surface area contributed by atoms with Crippen LogP contribution in [0.3, 0.4) is 0 Å². The molecule has 64 valence electrons. The quantitative estimate of drug-likeness (QED) is 0.261. The van der Waals surface area contributed by atoms with E-state index in [0.717, 1.165) is 0 Å². The molecule has 0 aromatic carbocycles. The van der Waals surface area contributed by atoms with Gasteiger partial charge in [0.1, 0.15) is 5.15 Å². The van der Waals surface area contributed by atoms with E-state index < -0.39 is 0 Å². The number of hydrogen-bond donors (Lipinski definition) is 2. The summed E-state index contributed by atoms with van der Waals surface area (Å²) >= 11 is 8.77. The zero-order chi connectivity index (χ0) is 9.14. The van der Waals surface area contributed by atoms with Gasteiger partial charge in [0, 0.05) is 16.2 Å². The van der Waals surface area contributed by atoms with Crippen molar-refractivity contribution in [1.29, 1.82) is 0 Å². The van der Waals surface area contributed by atoms with Gasteiger partial charge in [0.2, 0.25) is 0 Å². The Labute approximate surface area is 82.2 Å². The molecule has 0 spiro atoms. The van der Waals surface area contributed by atoms with Crippen LogP contribution in [0.4, 0.5) is 0 Å². The number of rotatable bonds is 1. The average molecular weight is 250 g/mol. The van der Waals surface area contributed by atoms with Gasteiger partial charge in [-0.1, -0.05) is 16.8 Å². The van der Waals surface area contributed by atoms with Gasteiger partial charge in [-0.15, -0.1) is 0 Å². The minimum Gasteiger partial charge on any atom is -0.409 e. The van der Waals surface area contributed by atoms with Gasteiger partial charge in [0.05, 0.1) is 0 Å². The molecule has 0 saturated carbocycles. The first-order chi connectivity index (χ1) is 5.65. The van der Waals surface area contributed by atoms with Crippen molar-refractivity contribution < 1.29 is 5.21 Å². The number of amidine groups is 1. The third kappa shape index (κ3) is 1.86. The Bertz CT molecular complexity index is 329. The van der Waals surface area contributed by atoms with E-state index in [2.05, 4.69) is 26.1 Å². The first kappa shape index (κ1) is 9.28. The molecule has 0 amide bonds. The van der Waals surface area contributed by atoms with Gasteiger partial charge in [-0.25, -0.2) is 4.98 Å². The maximum Gasteiger partial charge on any atom is 0.171 e. The van der Waals surface area contributed by atoms with Crippen LogP contribution in [0, 0.1) is 0 Å². The van der Waals surface area contributed by atoms with E-state index in [4.69, 9.17) is 22.5 Å². The summed E-state index contributed by atoms with van der Waals surface area (Å²) in [7, 11) is 0. The highest BCUT2D eigenvalue weighted by atomic mass is 79.9. The Morgan fingerprint density at radius 3 is 3.00 bits per heavy atom. The molecule has 0 fully saturated rings. The van der Waals surface area contributed by atoms with E-state index in [1.54, 1.807) is 0 Å². The first-order valence-corrected chi connectivity index (χ1v) is 4.11. The molecular formula is C6H5BrClN3O. The topological polar surface area (TPSA) is 71.5 Å². The molecule has 0 saturated heterocycles. The van der Waals surface area contributed by atoms with Gasteiger partial charge in [-0.05, 0) is 22.0 Å². The second-order valence-electron chi connectivity index (χ2n) is 1.97. The summed E-state index contributed by atoms with van der Waals surface area (Å²) in [5.74, 6) is -0.00817. The predicted molar refractivity (Wildman–Crippen MR) is 49.5 cm³/mol. The van der Waals surface area contributed by atoms with Crippen LogP contribution in [0.5, 0.6) is 0 Å². The molecule has 1 rings (SSSR count). The molecule has 0 bridgehead atoms. The van der Waals surface area contributed by atoms with Crippen LogP contribution >= 0.6 is 27.5 Å². The van der Waals surface area contributed by atoms with Crippen LogP contribution in [0.25, 0.3) is 0 Å². The zero-order valence-electron chi connectivity index (χ0n) is 5.83. The first-order valence-electron chi connectivity index (χ1n) is 2.94. The van der Waals surface area contributed by atoms with Gasteiger partial charge in [0.15, 0.2) is 5.84 Å². The van der Waals surface area contributed by atoms with Crippen molar-refractivity contribution in [2.75, 3.05) is 0 Å². The van der Waals surface area contributed by atoms with E-state index in [0.29, 0.717) is 15.2 Å². The molecule has 0 aliphatic heterocycles. The van der Waals surface area contributed by atoms with Crippen LogP contribution in [-0.4, -0.2) is 16.0 Å². The lowest BCUT2D eigenvalue weighted by Crippen LogP contribution is -2.13. The van der Waals surface area contributed by atoms with Crippen molar-refractivity contribution >= 4 is 33.4 Å². The highest BCUT2D eigenvalue weighted by molar-refractivity contribution is 9.10. The molecule has 0 unspecified atom stereocenters. The Morgan fingerprint density at radius 1 is 1.75 bits per heavy atom. The third-order valence-electron chi connectivity index (χ3n) is 1.21. The lowest BCUT2D eigenvalue weighted by molar-refractivity contribution is 0.318. The maximum absolute atomic E-state index is 8.38. The van der Waals surface area contributed by atoms with Crippen LogP contribution < -0.4 is 5.73 Å². The maximum atomic E-state index is 8.38. The molecule has 0 aliphatic carbocycles. The van der Waals surface area contributed by atoms with Gasteiger partial charge in [0.25, 0.3) is 0 Å². The van der Waals surface area contributed by atoms with Crippen LogP contribution in [-0.2, 0) is 0 Å². The van der Waals surface area contributed by atoms with E-state index in [9.17, 15) is 0 Å². The Kier molecular flexibility index (Phi) is 2.88. The summed E-state index contributed by atoms with van der Waals surface area (Å²) in [4.78, 5) is 3.78. The van der Waals surface area contributed by atoms with Crippen LogP contribution in [0.2, 0.25) is 5.15 Å². The lowest BCUT2D eigenvalue weighted by atomic mass is 10.2. The van der Waals surface area contributed by atoms with Crippen molar-refractivity contribution in [1.82, 2.24) is 4.98 Å². The molecule has 3 N–H and O–H groups in total. The Hall–Kier alpha value is -0.810. The zero-order valence-corrected chi connectivity index (χ0v) is 8.17. The van der Waals surface area contributed by atoms with Crippen LogP contribution in [0.15, 0.2) is 21.9 Å². The number of oxime groups is 1. The fourth-order valence-corrected chi connectivity index (χ4v) is 1.24. The Morgan fingerprint density at radius 2 is 2.42 bits per heavy atom. The van der Waals surface area contributed by atoms with Gasteiger partial charge in [-0.2, -0.15) is 0 Å². The summed E-state index contributed by atoms with van der Waals surface area (Å²) in [5.41, 5.74) is 5.86. The monoisotopic (exact) mass is 249 g/mol. The number of nitrogens with two attached hydrogens (primary N) is 1. The third-order valence-corrected chi connectivity index (χ3v) is 2.04. The molecule has 12 heavy (non-hydrogen) atoms. The summed E-state index contributed by atoms with van der Waals surface area (Å²) in [6.07, 6.45) is 1.48. The standard InChI is InChI=1S/C6H5BrClN3O/c7-4-2-10-5(8)1-3(4)6(9)11-12/h1-2,12H,(H2,9,11). The molecule has 6 heteroatoms. The summed E-state index contributed by atoms with van der Waals surface area (Å²) in [5, 5.41) is 11.5. The fourth-order valence-electron chi connectivity index (χ4n) is 0.663. The molecule has 1 heterocycles. The van der Waals surface area contributed by atoms with Crippen molar-refractivity contribution in [2.45, 2.75) is 0 Å². The fraction of sp³-hybridized carbons (Fsp3) is 0. The molecule has 1 aromatic heterocycles. The molecule has 0 atom stereocenters. The minimum atomic E-state index is -0.00817. The predicted octanol–water partition coefficient (Wildman–Crippen LogP) is 1.59. The molecule has 1 aromatic rings. The van der Waals surface area contributed by atoms with E-state index in [1.165, 1.54) is 12.3 Å². The molecule has 0 aliphatic rings. The second-order valence-corrected chi connectivity index (χ2v) is 3.21. The normalized spacial score (nSPS) is 11.7. The van der Waals surface area contributed by atoms with E-state index in [-0.39, 0.29) is 5.84 Å². The smallest absolute Gasteiger partial charge is 0.171 e. The minimum absolute atomic E-state index is 0.00817. The Balaban J connectivity index is 3.23. The molecule has 4 nitrogen and oxygen atoms in total. The van der Waals surface area contributed by atoms with Crippen molar-refractivity contribution in [3.63, 3.8) is 0 Å². The summed E-state index contributed by atoms with van der Waals surface area (Å²) < 4.78 is 0.627. The van der Waals surface area contributed by atoms with Crippen molar-refractivity contribution in [3.05, 3.63) is 27.5 Å². The average Bonchev–Trinajstić information content (AvgIpc) is 2.08. The van der Waals surface area contributed by atoms with Gasteiger partial charge in [-0.3, -0.25) is 0 Å². The number of halogens is 2. The van der Waals surface area contributed by atoms with Crippen LogP contribution in [0.1, 0.15) is 5.56 Å². The van der Waals surface area contributed by atoms with Crippen molar-refractivity contribution in [3.8, 4) is 0 Å². The van der Waals surface area contributed by atoms with E-state index >= 15 is 0 Å². The number of pyridine rings is 1. The summed E-state index contributed by atoms with van der Waals surface area (Å²) in [6, 6.07) is 1.50. The number of hydrogen-bond acceptors (Lipinski definition) is 3.